The van der Waals surface area contributed by atoms with Gasteiger partial charge in [0.1, 0.15) is 5.82 Å². The SMILES string of the molecule is CCCC(=O)N1CCC[C@H](c2nnc(-c3ccccc3F)o2)C1. The predicted octanol–water partition coefficient (Wildman–Crippen LogP) is 3.38. The molecule has 3 rings (SSSR count). The molecule has 1 aliphatic rings. The van der Waals surface area contributed by atoms with Crippen molar-refractivity contribution in [3.05, 3.63) is 36.0 Å². The number of carbonyl (C=O) groups is 1. The van der Waals surface area contributed by atoms with E-state index in [4.69, 9.17) is 4.42 Å². The standard InChI is InChI=1S/C17H20FN3O2/c1-2-6-15(22)21-10-5-7-12(11-21)16-19-20-17(23-16)13-8-3-4-9-14(13)18/h3-4,8-9,12H,2,5-7,10-11H2,1H3/t12-/m0/s1. The number of aromatic nitrogens is 2. The fraction of sp³-hybridized carbons (Fsp3) is 0.471. The summed E-state index contributed by atoms with van der Waals surface area (Å²) in [6, 6.07) is 6.33. The van der Waals surface area contributed by atoms with Crippen LogP contribution < -0.4 is 0 Å². The van der Waals surface area contributed by atoms with Gasteiger partial charge in [0.2, 0.25) is 11.8 Å². The van der Waals surface area contributed by atoms with Crippen molar-refractivity contribution in [2.45, 2.75) is 38.5 Å². The lowest BCUT2D eigenvalue weighted by Crippen LogP contribution is -2.39. The summed E-state index contributed by atoms with van der Waals surface area (Å²) < 4.78 is 19.5. The Kier molecular flexibility index (Phi) is 4.69. The van der Waals surface area contributed by atoms with Gasteiger partial charge in [0.25, 0.3) is 5.89 Å². The lowest BCUT2D eigenvalue weighted by Gasteiger charge is -2.31. The van der Waals surface area contributed by atoms with Gasteiger partial charge < -0.3 is 9.32 Å². The first kappa shape index (κ1) is 15.6. The van der Waals surface area contributed by atoms with Crippen LogP contribution in [0.15, 0.2) is 28.7 Å². The summed E-state index contributed by atoms with van der Waals surface area (Å²) in [4.78, 5) is 13.9. The molecule has 122 valence electrons. The maximum absolute atomic E-state index is 13.8. The largest absolute Gasteiger partial charge is 0.420 e. The molecule has 2 aromatic rings. The summed E-state index contributed by atoms with van der Waals surface area (Å²) in [5.74, 6) is 0.488. The van der Waals surface area contributed by atoms with Gasteiger partial charge in [0, 0.05) is 19.5 Å². The van der Waals surface area contributed by atoms with E-state index >= 15 is 0 Å². The van der Waals surface area contributed by atoms with Crippen LogP contribution in [0.2, 0.25) is 0 Å². The molecule has 1 atom stereocenters. The molecule has 2 heterocycles. The molecule has 1 aliphatic heterocycles. The van der Waals surface area contributed by atoms with Gasteiger partial charge in [-0.1, -0.05) is 19.1 Å². The summed E-state index contributed by atoms with van der Waals surface area (Å²) in [6.45, 7) is 3.37. The highest BCUT2D eigenvalue weighted by Crippen LogP contribution is 2.29. The average molecular weight is 317 g/mol. The van der Waals surface area contributed by atoms with E-state index in [0.29, 0.717) is 24.4 Å². The maximum atomic E-state index is 13.8. The second-order valence-electron chi connectivity index (χ2n) is 5.85. The molecule has 0 saturated carbocycles. The van der Waals surface area contributed by atoms with E-state index in [0.717, 1.165) is 25.8 Å². The lowest BCUT2D eigenvalue weighted by atomic mass is 9.97. The Hall–Kier alpha value is -2.24. The van der Waals surface area contributed by atoms with Crippen LogP contribution in [0.5, 0.6) is 0 Å². The molecule has 6 heteroatoms. The van der Waals surface area contributed by atoms with Gasteiger partial charge in [-0.2, -0.15) is 0 Å². The highest BCUT2D eigenvalue weighted by atomic mass is 19.1. The second kappa shape index (κ2) is 6.89. The number of benzene rings is 1. The van der Waals surface area contributed by atoms with Crippen LogP contribution in [0.25, 0.3) is 11.5 Å². The number of amides is 1. The minimum Gasteiger partial charge on any atom is -0.420 e. The van der Waals surface area contributed by atoms with Crippen molar-refractivity contribution >= 4 is 5.91 Å². The van der Waals surface area contributed by atoms with Gasteiger partial charge in [-0.15, -0.1) is 10.2 Å². The van der Waals surface area contributed by atoms with Crippen LogP contribution in [0, 0.1) is 5.82 Å². The van der Waals surface area contributed by atoms with Gasteiger partial charge in [-0.05, 0) is 31.4 Å². The molecule has 23 heavy (non-hydrogen) atoms. The molecule has 1 aromatic carbocycles. The first-order chi connectivity index (χ1) is 11.2. The van der Waals surface area contributed by atoms with E-state index in [1.165, 1.54) is 6.07 Å². The Morgan fingerprint density at radius 1 is 1.39 bits per heavy atom. The molecule has 0 radical (unpaired) electrons. The molecule has 1 amide bonds. The monoisotopic (exact) mass is 317 g/mol. The Labute approximate surface area is 134 Å². The van der Waals surface area contributed by atoms with Crippen LogP contribution in [-0.2, 0) is 4.79 Å². The van der Waals surface area contributed by atoms with Crippen LogP contribution in [0.3, 0.4) is 0 Å². The van der Waals surface area contributed by atoms with Crippen molar-refractivity contribution < 1.29 is 13.6 Å². The zero-order chi connectivity index (χ0) is 16.2. The van der Waals surface area contributed by atoms with Crippen LogP contribution in [0.4, 0.5) is 4.39 Å². The molecule has 1 saturated heterocycles. The van der Waals surface area contributed by atoms with Gasteiger partial charge in [0.05, 0.1) is 11.5 Å². The molecule has 0 aliphatic carbocycles. The van der Waals surface area contributed by atoms with Crippen molar-refractivity contribution in [3.8, 4) is 11.5 Å². The third-order valence-corrected chi connectivity index (χ3v) is 4.13. The van der Waals surface area contributed by atoms with E-state index < -0.39 is 0 Å². The van der Waals surface area contributed by atoms with Crippen LogP contribution in [-0.4, -0.2) is 34.1 Å². The predicted molar refractivity (Wildman–Crippen MR) is 83.2 cm³/mol. The minimum atomic E-state index is -0.383. The van der Waals surface area contributed by atoms with Crippen molar-refractivity contribution in [2.24, 2.45) is 0 Å². The second-order valence-corrected chi connectivity index (χ2v) is 5.85. The van der Waals surface area contributed by atoms with Gasteiger partial charge in [0.15, 0.2) is 0 Å². The molecule has 0 spiro atoms. The Morgan fingerprint density at radius 3 is 3.00 bits per heavy atom. The zero-order valence-corrected chi connectivity index (χ0v) is 13.2. The van der Waals surface area contributed by atoms with E-state index in [1.54, 1.807) is 18.2 Å². The summed E-state index contributed by atoms with van der Waals surface area (Å²) in [5, 5.41) is 8.04. The number of nitrogens with zero attached hydrogens (tertiary/aromatic N) is 3. The van der Waals surface area contributed by atoms with Crippen LogP contribution >= 0.6 is 0 Å². The minimum absolute atomic E-state index is 0.0255. The first-order valence-corrected chi connectivity index (χ1v) is 8.05. The molecule has 0 N–H and O–H groups in total. The third-order valence-electron chi connectivity index (χ3n) is 4.13. The molecule has 1 fully saturated rings. The fourth-order valence-corrected chi connectivity index (χ4v) is 2.92. The van der Waals surface area contributed by atoms with Crippen molar-refractivity contribution in [3.63, 3.8) is 0 Å². The summed E-state index contributed by atoms with van der Waals surface area (Å²) >= 11 is 0. The summed E-state index contributed by atoms with van der Waals surface area (Å²) in [6.07, 6.45) is 3.22. The van der Waals surface area contributed by atoms with E-state index in [1.807, 2.05) is 11.8 Å². The lowest BCUT2D eigenvalue weighted by molar-refractivity contribution is -0.132. The van der Waals surface area contributed by atoms with E-state index in [9.17, 15) is 9.18 Å². The number of likely N-dealkylation sites (tertiary alicyclic amines) is 1. The third kappa shape index (κ3) is 3.41. The van der Waals surface area contributed by atoms with Gasteiger partial charge in [-0.3, -0.25) is 4.79 Å². The van der Waals surface area contributed by atoms with Crippen molar-refractivity contribution in [2.75, 3.05) is 13.1 Å². The highest BCUT2D eigenvalue weighted by molar-refractivity contribution is 5.76. The highest BCUT2D eigenvalue weighted by Gasteiger charge is 2.28. The van der Waals surface area contributed by atoms with Crippen LogP contribution in [0.1, 0.15) is 44.4 Å². The molecule has 0 unspecified atom stereocenters. The summed E-state index contributed by atoms with van der Waals surface area (Å²) in [5.41, 5.74) is 0.306. The smallest absolute Gasteiger partial charge is 0.250 e. The number of carbonyl (C=O) groups excluding carboxylic acids is 1. The molecule has 0 bridgehead atoms. The topological polar surface area (TPSA) is 59.2 Å². The number of rotatable bonds is 4. The molecular formula is C17H20FN3O2. The van der Waals surface area contributed by atoms with Gasteiger partial charge >= 0.3 is 0 Å². The normalized spacial score (nSPS) is 18.2. The number of piperidine rings is 1. The zero-order valence-electron chi connectivity index (χ0n) is 13.2. The maximum Gasteiger partial charge on any atom is 0.250 e. The number of halogens is 1. The Bertz CT molecular complexity index is 686. The Morgan fingerprint density at radius 2 is 2.22 bits per heavy atom. The Balaban J connectivity index is 1.75. The van der Waals surface area contributed by atoms with Crippen molar-refractivity contribution in [1.82, 2.24) is 15.1 Å². The van der Waals surface area contributed by atoms with E-state index in [-0.39, 0.29) is 23.5 Å². The summed E-state index contributed by atoms with van der Waals surface area (Å²) in [7, 11) is 0. The van der Waals surface area contributed by atoms with Crippen molar-refractivity contribution in [1.29, 1.82) is 0 Å². The van der Waals surface area contributed by atoms with E-state index in [2.05, 4.69) is 10.2 Å². The molecule has 5 nitrogen and oxygen atoms in total. The molecular weight excluding hydrogens is 297 g/mol. The average Bonchev–Trinajstić information content (AvgIpc) is 3.05. The molecule has 1 aromatic heterocycles. The quantitative estimate of drug-likeness (QED) is 0.867. The first-order valence-electron chi connectivity index (χ1n) is 8.05. The number of hydrogen-bond donors (Lipinski definition) is 0. The van der Waals surface area contributed by atoms with Gasteiger partial charge in [-0.25, -0.2) is 4.39 Å². The fourth-order valence-electron chi connectivity index (χ4n) is 2.92. The number of hydrogen-bond acceptors (Lipinski definition) is 4.